The standard InChI is InChI=1S/C23H17N5O/c1-28-15-19(22(27-28)17-9-11-25-12-10-17)13-18(14-24)23(29)26-21-8-4-6-16-5-2-3-7-20(16)21/h2-13,15H,1H3,(H,26,29). The van der Waals surface area contributed by atoms with Crippen molar-refractivity contribution in [3.05, 3.63) is 84.3 Å². The Bertz CT molecular complexity index is 1260. The Morgan fingerprint density at radius 3 is 2.66 bits per heavy atom. The van der Waals surface area contributed by atoms with Crippen molar-refractivity contribution in [2.45, 2.75) is 0 Å². The molecule has 0 saturated heterocycles. The van der Waals surface area contributed by atoms with E-state index in [0.717, 1.165) is 16.3 Å². The molecule has 6 heteroatoms. The van der Waals surface area contributed by atoms with E-state index >= 15 is 0 Å². The van der Waals surface area contributed by atoms with Gasteiger partial charge < -0.3 is 5.32 Å². The normalized spacial score (nSPS) is 11.2. The average Bonchev–Trinajstić information content (AvgIpc) is 3.13. The number of anilines is 1. The van der Waals surface area contributed by atoms with Crippen LogP contribution in [-0.4, -0.2) is 20.7 Å². The minimum atomic E-state index is -0.464. The summed E-state index contributed by atoms with van der Waals surface area (Å²) in [5.41, 5.74) is 2.89. The maximum absolute atomic E-state index is 12.8. The number of nitriles is 1. The van der Waals surface area contributed by atoms with Crippen molar-refractivity contribution in [3.63, 3.8) is 0 Å². The second-order valence-electron chi connectivity index (χ2n) is 6.49. The molecule has 0 bridgehead atoms. The monoisotopic (exact) mass is 379 g/mol. The van der Waals surface area contributed by atoms with Gasteiger partial charge >= 0.3 is 0 Å². The second-order valence-corrected chi connectivity index (χ2v) is 6.49. The maximum atomic E-state index is 12.8. The van der Waals surface area contributed by atoms with Gasteiger partial charge in [-0.2, -0.15) is 10.4 Å². The zero-order valence-corrected chi connectivity index (χ0v) is 15.7. The first-order chi connectivity index (χ1) is 14.2. The zero-order chi connectivity index (χ0) is 20.2. The first kappa shape index (κ1) is 18.1. The molecule has 0 aliphatic carbocycles. The van der Waals surface area contributed by atoms with Gasteiger partial charge in [0.05, 0.1) is 5.69 Å². The van der Waals surface area contributed by atoms with Gasteiger partial charge in [0.15, 0.2) is 0 Å². The summed E-state index contributed by atoms with van der Waals surface area (Å²) in [6.45, 7) is 0. The molecule has 0 spiro atoms. The van der Waals surface area contributed by atoms with Crippen LogP contribution in [0.5, 0.6) is 0 Å². The Kier molecular flexibility index (Phi) is 4.87. The highest BCUT2D eigenvalue weighted by Crippen LogP contribution is 2.25. The smallest absolute Gasteiger partial charge is 0.266 e. The predicted molar refractivity (Wildman–Crippen MR) is 113 cm³/mol. The van der Waals surface area contributed by atoms with Gasteiger partial charge in [0.1, 0.15) is 11.6 Å². The van der Waals surface area contributed by atoms with Crippen LogP contribution in [0.15, 0.2) is 78.8 Å². The first-order valence-electron chi connectivity index (χ1n) is 9.00. The third-order valence-corrected chi connectivity index (χ3v) is 4.51. The van der Waals surface area contributed by atoms with Crippen LogP contribution < -0.4 is 5.32 Å². The van der Waals surface area contributed by atoms with E-state index in [2.05, 4.69) is 15.4 Å². The van der Waals surface area contributed by atoms with E-state index in [0.29, 0.717) is 16.9 Å². The summed E-state index contributed by atoms with van der Waals surface area (Å²) in [6, 6.07) is 19.1. The van der Waals surface area contributed by atoms with E-state index < -0.39 is 5.91 Å². The molecule has 0 saturated carbocycles. The van der Waals surface area contributed by atoms with Gasteiger partial charge in [-0.3, -0.25) is 14.5 Å². The second kappa shape index (κ2) is 7.79. The quantitative estimate of drug-likeness (QED) is 0.426. The lowest BCUT2D eigenvalue weighted by Gasteiger charge is -2.08. The largest absolute Gasteiger partial charge is 0.321 e. The Morgan fingerprint density at radius 1 is 1.10 bits per heavy atom. The topological polar surface area (TPSA) is 83.6 Å². The number of benzene rings is 2. The highest BCUT2D eigenvalue weighted by molar-refractivity contribution is 6.13. The minimum absolute atomic E-state index is 0.00115. The van der Waals surface area contributed by atoms with Crippen LogP contribution in [0.25, 0.3) is 28.1 Å². The molecule has 1 amide bonds. The van der Waals surface area contributed by atoms with E-state index in [9.17, 15) is 10.1 Å². The van der Waals surface area contributed by atoms with Gasteiger partial charge in [-0.05, 0) is 29.7 Å². The van der Waals surface area contributed by atoms with Crippen LogP contribution >= 0.6 is 0 Å². The molecule has 0 radical (unpaired) electrons. The molecule has 0 unspecified atom stereocenters. The molecule has 0 fully saturated rings. The van der Waals surface area contributed by atoms with Crippen LogP contribution in [0.4, 0.5) is 5.69 Å². The molecule has 2 aromatic heterocycles. The Labute approximate surface area is 167 Å². The average molecular weight is 379 g/mol. The summed E-state index contributed by atoms with van der Waals surface area (Å²) in [4.78, 5) is 16.8. The Morgan fingerprint density at radius 2 is 1.86 bits per heavy atom. The van der Waals surface area contributed by atoms with Crippen molar-refractivity contribution in [2.24, 2.45) is 7.05 Å². The molecule has 6 nitrogen and oxygen atoms in total. The van der Waals surface area contributed by atoms with Gasteiger partial charge in [0.2, 0.25) is 0 Å². The molecule has 1 N–H and O–H groups in total. The lowest BCUT2D eigenvalue weighted by Crippen LogP contribution is -2.13. The van der Waals surface area contributed by atoms with Crippen LogP contribution in [0.3, 0.4) is 0 Å². The Balaban J connectivity index is 1.69. The van der Waals surface area contributed by atoms with Crippen LogP contribution in [0.1, 0.15) is 5.56 Å². The van der Waals surface area contributed by atoms with Crippen molar-refractivity contribution in [2.75, 3.05) is 5.32 Å². The number of amides is 1. The summed E-state index contributed by atoms with van der Waals surface area (Å²) in [6.07, 6.45) is 6.69. The number of pyridine rings is 1. The van der Waals surface area contributed by atoms with Gasteiger partial charge in [-0.25, -0.2) is 0 Å². The molecule has 4 aromatic rings. The number of aromatic nitrogens is 3. The summed E-state index contributed by atoms with van der Waals surface area (Å²) in [5, 5.41) is 18.8. The lowest BCUT2D eigenvalue weighted by atomic mass is 10.1. The van der Waals surface area contributed by atoms with E-state index in [1.807, 2.05) is 60.7 Å². The fourth-order valence-electron chi connectivity index (χ4n) is 3.17. The van der Waals surface area contributed by atoms with Crippen LogP contribution in [0, 0.1) is 11.3 Å². The first-order valence-corrected chi connectivity index (χ1v) is 9.00. The highest BCUT2D eigenvalue weighted by atomic mass is 16.1. The maximum Gasteiger partial charge on any atom is 0.266 e. The molecule has 140 valence electrons. The molecule has 0 aliphatic heterocycles. The number of aryl methyl sites for hydroxylation is 1. The number of carbonyl (C=O) groups excluding carboxylic acids is 1. The summed E-state index contributed by atoms with van der Waals surface area (Å²) < 4.78 is 1.65. The van der Waals surface area contributed by atoms with Crippen LogP contribution in [-0.2, 0) is 11.8 Å². The number of hydrogen-bond acceptors (Lipinski definition) is 4. The number of nitrogens with zero attached hydrogens (tertiary/aromatic N) is 4. The predicted octanol–water partition coefficient (Wildman–Crippen LogP) is 4.18. The minimum Gasteiger partial charge on any atom is -0.321 e. The summed E-state index contributed by atoms with van der Waals surface area (Å²) in [7, 11) is 1.80. The molecule has 0 aliphatic rings. The molecule has 2 aromatic carbocycles. The number of nitrogens with one attached hydrogen (secondary N) is 1. The molecule has 4 rings (SSSR count). The molecule has 29 heavy (non-hydrogen) atoms. The number of hydrogen-bond donors (Lipinski definition) is 1. The molecule has 2 heterocycles. The van der Waals surface area contributed by atoms with Gasteiger partial charge in [0.25, 0.3) is 5.91 Å². The number of rotatable bonds is 4. The van der Waals surface area contributed by atoms with Crippen molar-refractivity contribution in [1.29, 1.82) is 5.26 Å². The molecule has 0 atom stereocenters. The highest BCUT2D eigenvalue weighted by Gasteiger charge is 2.15. The Hall–Kier alpha value is -4.24. The van der Waals surface area contributed by atoms with Gasteiger partial charge in [0, 0.05) is 47.8 Å². The lowest BCUT2D eigenvalue weighted by molar-refractivity contribution is -0.112. The SMILES string of the molecule is Cn1cc(C=C(C#N)C(=O)Nc2cccc3ccccc23)c(-c2ccncc2)n1. The summed E-state index contributed by atoms with van der Waals surface area (Å²) >= 11 is 0. The third kappa shape index (κ3) is 3.75. The van der Waals surface area contributed by atoms with E-state index in [1.165, 1.54) is 0 Å². The fraction of sp³-hybridized carbons (Fsp3) is 0.0435. The van der Waals surface area contributed by atoms with E-state index in [-0.39, 0.29) is 5.57 Å². The van der Waals surface area contributed by atoms with E-state index in [4.69, 9.17) is 0 Å². The van der Waals surface area contributed by atoms with Crippen molar-refractivity contribution in [3.8, 4) is 17.3 Å². The van der Waals surface area contributed by atoms with Gasteiger partial charge in [-0.15, -0.1) is 0 Å². The number of fused-ring (bicyclic) bond motifs is 1. The fourth-order valence-corrected chi connectivity index (χ4v) is 3.17. The van der Waals surface area contributed by atoms with Gasteiger partial charge in [-0.1, -0.05) is 36.4 Å². The number of carbonyl (C=O) groups is 1. The molecular formula is C23H17N5O. The third-order valence-electron chi connectivity index (χ3n) is 4.51. The molecular weight excluding hydrogens is 362 g/mol. The van der Waals surface area contributed by atoms with Crippen molar-refractivity contribution in [1.82, 2.24) is 14.8 Å². The van der Waals surface area contributed by atoms with E-state index in [1.54, 1.807) is 36.4 Å². The van der Waals surface area contributed by atoms with Crippen molar-refractivity contribution < 1.29 is 4.79 Å². The summed E-state index contributed by atoms with van der Waals surface area (Å²) in [5.74, 6) is -0.464. The zero-order valence-electron chi connectivity index (χ0n) is 15.7. The van der Waals surface area contributed by atoms with Crippen molar-refractivity contribution >= 4 is 28.4 Å². The van der Waals surface area contributed by atoms with Crippen LogP contribution in [0.2, 0.25) is 0 Å².